The maximum Gasteiger partial charge on any atom is 0.326 e. The van der Waals surface area contributed by atoms with E-state index in [0.717, 1.165) is 17.5 Å². The Kier molecular flexibility index (Phi) is 3.64. The summed E-state index contributed by atoms with van der Waals surface area (Å²) in [6, 6.07) is 6.77. The Bertz CT molecular complexity index is 597. The summed E-state index contributed by atoms with van der Waals surface area (Å²) in [5.74, 6) is -0.939. The van der Waals surface area contributed by atoms with Crippen LogP contribution >= 0.6 is 0 Å². The van der Waals surface area contributed by atoms with Crippen molar-refractivity contribution < 1.29 is 14.7 Å². The molecule has 0 aromatic heterocycles. The highest BCUT2D eigenvalue weighted by molar-refractivity contribution is 5.83. The summed E-state index contributed by atoms with van der Waals surface area (Å²) < 4.78 is 0. The van der Waals surface area contributed by atoms with Crippen LogP contribution in [0.5, 0.6) is 0 Å². The minimum Gasteiger partial charge on any atom is -0.480 e. The van der Waals surface area contributed by atoms with E-state index in [1.807, 2.05) is 36.4 Å². The lowest BCUT2D eigenvalue weighted by atomic mass is 9.94. The van der Waals surface area contributed by atoms with E-state index in [4.69, 9.17) is 0 Å². The first-order valence-corrected chi connectivity index (χ1v) is 7.17. The van der Waals surface area contributed by atoms with Gasteiger partial charge in [0.25, 0.3) is 0 Å². The predicted molar refractivity (Wildman–Crippen MR) is 77.8 cm³/mol. The van der Waals surface area contributed by atoms with Crippen molar-refractivity contribution in [3.63, 3.8) is 0 Å². The van der Waals surface area contributed by atoms with Crippen LogP contribution in [0.1, 0.15) is 17.5 Å². The molecule has 21 heavy (non-hydrogen) atoms. The van der Waals surface area contributed by atoms with Gasteiger partial charge in [0, 0.05) is 26.1 Å². The third-order valence-electron chi connectivity index (χ3n) is 4.11. The average Bonchev–Trinajstić information content (AvgIpc) is 2.53. The van der Waals surface area contributed by atoms with Crippen molar-refractivity contribution in [3.8, 4) is 0 Å². The lowest BCUT2D eigenvalue weighted by Crippen LogP contribution is -2.53. The van der Waals surface area contributed by atoms with Crippen molar-refractivity contribution in [1.29, 1.82) is 0 Å². The molecule has 0 saturated carbocycles. The number of carbonyl (C=O) groups excluding carboxylic acids is 1. The molecule has 2 heterocycles. The van der Waals surface area contributed by atoms with Crippen molar-refractivity contribution in [2.24, 2.45) is 0 Å². The van der Waals surface area contributed by atoms with Crippen LogP contribution in [0.2, 0.25) is 0 Å². The summed E-state index contributed by atoms with van der Waals surface area (Å²) in [6.45, 7) is 1.58. The Hall–Kier alpha value is -2.30. The molecule has 1 unspecified atom stereocenters. The summed E-state index contributed by atoms with van der Waals surface area (Å²) in [6.07, 6.45) is 5.20. The molecule has 0 aliphatic carbocycles. The van der Waals surface area contributed by atoms with E-state index in [0.29, 0.717) is 26.1 Å². The van der Waals surface area contributed by atoms with Crippen LogP contribution in [-0.4, -0.2) is 46.0 Å². The molecule has 2 aliphatic heterocycles. The fourth-order valence-corrected chi connectivity index (χ4v) is 2.94. The monoisotopic (exact) mass is 286 g/mol. The minimum atomic E-state index is -0.939. The number of rotatable bonds is 1. The third kappa shape index (κ3) is 2.63. The average molecular weight is 286 g/mol. The van der Waals surface area contributed by atoms with E-state index < -0.39 is 12.0 Å². The Morgan fingerprint density at radius 2 is 1.90 bits per heavy atom. The quantitative estimate of drug-likeness (QED) is 0.802. The van der Waals surface area contributed by atoms with Gasteiger partial charge in [0.05, 0.1) is 0 Å². The fraction of sp³-hybridized carbons (Fsp3) is 0.375. The number of carbonyl (C=O) groups is 2. The number of hydrogen-bond acceptors (Lipinski definition) is 2. The second kappa shape index (κ2) is 5.60. The van der Waals surface area contributed by atoms with Crippen LogP contribution in [0, 0.1) is 0 Å². The Morgan fingerprint density at radius 3 is 2.57 bits per heavy atom. The van der Waals surface area contributed by atoms with Crippen LogP contribution in [0.25, 0.3) is 0 Å². The van der Waals surface area contributed by atoms with Crippen molar-refractivity contribution in [1.82, 2.24) is 9.80 Å². The highest BCUT2D eigenvalue weighted by atomic mass is 16.4. The molecule has 0 spiro atoms. The van der Waals surface area contributed by atoms with Crippen molar-refractivity contribution in [2.75, 3.05) is 13.1 Å². The smallest absolute Gasteiger partial charge is 0.326 e. The van der Waals surface area contributed by atoms with Crippen molar-refractivity contribution in [3.05, 3.63) is 47.5 Å². The van der Waals surface area contributed by atoms with Gasteiger partial charge in [0.15, 0.2) is 0 Å². The number of amides is 2. The van der Waals surface area contributed by atoms with Crippen molar-refractivity contribution >= 4 is 12.0 Å². The minimum absolute atomic E-state index is 0.179. The number of nitrogens with zero attached hydrogens (tertiary/aromatic N) is 2. The number of carboxylic acid groups (broad SMARTS) is 1. The summed E-state index contributed by atoms with van der Waals surface area (Å²) in [7, 11) is 0. The topological polar surface area (TPSA) is 60.9 Å². The Morgan fingerprint density at radius 1 is 1.14 bits per heavy atom. The largest absolute Gasteiger partial charge is 0.480 e. The Balaban J connectivity index is 1.87. The molecule has 2 aliphatic rings. The van der Waals surface area contributed by atoms with Gasteiger partial charge in [-0.05, 0) is 17.5 Å². The lowest BCUT2D eigenvalue weighted by Gasteiger charge is -2.38. The number of fused-ring (bicyclic) bond motifs is 1. The first-order valence-electron chi connectivity index (χ1n) is 7.17. The van der Waals surface area contributed by atoms with Crippen molar-refractivity contribution in [2.45, 2.75) is 25.4 Å². The van der Waals surface area contributed by atoms with Crippen LogP contribution < -0.4 is 0 Å². The number of hydrogen-bond donors (Lipinski definition) is 1. The zero-order chi connectivity index (χ0) is 14.8. The predicted octanol–water partition coefficient (Wildman–Crippen LogP) is 1.88. The molecule has 5 heteroatoms. The van der Waals surface area contributed by atoms with E-state index in [-0.39, 0.29) is 6.03 Å². The van der Waals surface area contributed by atoms with Gasteiger partial charge in [-0.25, -0.2) is 9.59 Å². The molecular weight excluding hydrogens is 268 g/mol. The zero-order valence-corrected chi connectivity index (χ0v) is 11.7. The molecular formula is C16H18N2O3. The molecule has 1 aromatic rings. The Labute approximate surface area is 123 Å². The van der Waals surface area contributed by atoms with Gasteiger partial charge in [0.2, 0.25) is 0 Å². The van der Waals surface area contributed by atoms with Gasteiger partial charge in [-0.1, -0.05) is 36.4 Å². The summed E-state index contributed by atoms with van der Waals surface area (Å²) in [5.41, 5.74) is 2.06. The number of carboxylic acids is 1. The second-order valence-corrected chi connectivity index (χ2v) is 5.44. The molecule has 5 nitrogen and oxygen atoms in total. The number of urea groups is 1. The first kappa shape index (κ1) is 13.7. The summed E-state index contributed by atoms with van der Waals surface area (Å²) in [4.78, 5) is 27.4. The third-order valence-corrected chi connectivity index (χ3v) is 4.11. The van der Waals surface area contributed by atoms with E-state index >= 15 is 0 Å². The lowest BCUT2D eigenvalue weighted by molar-refractivity contribution is -0.142. The van der Waals surface area contributed by atoms with Gasteiger partial charge in [-0.15, -0.1) is 0 Å². The van der Waals surface area contributed by atoms with Crippen LogP contribution in [0.4, 0.5) is 4.79 Å². The molecule has 110 valence electrons. The zero-order valence-electron chi connectivity index (χ0n) is 11.7. The normalized spacial score (nSPS) is 21.0. The highest BCUT2D eigenvalue weighted by Gasteiger charge is 2.36. The molecule has 0 fully saturated rings. The molecule has 1 aromatic carbocycles. The number of aliphatic carboxylic acids is 1. The van der Waals surface area contributed by atoms with Crippen LogP contribution in [0.3, 0.4) is 0 Å². The molecule has 1 N–H and O–H groups in total. The summed E-state index contributed by atoms with van der Waals surface area (Å²) >= 11 is 0. The molecule has 0 radical (unpaired) electrons. The van der Waals surface area contributed by atoms with E-state index in [1.165, 1.54) is 4.90 Å². The van der Waals surface area contributed by atoms with Crippen LogP contribution in [-0.2, 0) is 17.8 Å². The van der Waals surface area contributed by atoms with E-state index in [2.05, 4.69) is 0 Å². The molecule has 0 bridgehead atoms. The molecule has 2 amide bonds. The van der Waals surface area contributed by atoms with Gasteiger partial charge in [-0.3, -0.25) is 0 Å². The van der Waals surface area contributed by atoms with Gasteiger partial charge < -0.3 is 14.9 Å². The molecule has 1 atom stereocenters. The van der Waals surface area contributed by atoms with Gasteiger partial charge in [0.1, 0.15) is 6.04 Å². The fourth-order valence-electron chi connectivity index (χ4n) is 2.94. The maximum atomic E-state index is 12.6. The second-order valence-electron chi connectivity index (χ2n) is 5.44. The maximum absolute atomic E-state index is 12.6. The van der Waals surface area contributed by atoms with Gasteiger partial charge in [-0.2, -0.15) is 0 Å². The molecule has 3 rings (SSSR count). The van der Waals surface area contributed by atoms with E-state index in [1.54, 1.807) is 4.90 Å². The SMILES string of the molecule is O=C(O)C1Cc2ccccc2CN1C(=O)N1CC=CCC1. The van der Waals surface area contributed by atoms with Gasteiger partial charge >= 0.3 is 12.0 Å². The standard InChI is InChI=1S/C16H18N2O3/c19-15(20)14-10-12-6-2-3-7-13(12)11-18(14)16(21)17-8-4-1-5-9-17/h1-4,6-7,14H,5,8-11H2,(H,19,20). The first-order chi connectivity index (χ1) is 10.2. The van der Waals surface area contributed by atoms with E-state index in [9.17, 15) is 14.7 Å². The summed E-state index contributed by atoms with van der Waals surface area (Å²) in [5, 5.41) is 9.46. The highest BCUT2D eigenvalue weighted by Crippen LogP contribution is 2.25. The number of benzene rings is 1. The van der Waals surface area contributed by atoms with Crippen LogP contribution in [0.15, 0.2) is 36.4 Å². The molecule has 0 saturated heterocycles.